The fraction of sp³-hybridized carbons (Fsp3) is 0.333. The Morgan fingerprint density at radius 3 is 3.07 bits per heavy atom. The van der Waals surface area contributed by atoms with Crippen LogP contribution in [0.3, 0.4) is 0 Å². The molecule has 0 amide bonds. The van der Waals surface area contributed by atoms with E-state index in [9.17, 15) is 0 Å². The van der Waals surface area contributed by atoms with Crippen molar-refractivity contribution in [1.29, 1.82) is 0 Å². The first-order chi connectivity index (χ1) is 6.76. The number of fused-ring (bicyclic) bond motifs is 1. The van der Waals surface area contributed by atoms with Crippen molar-refractivity contribution in [1.82, 2.24) is 0 Å². The fourth-order valence-corrected chi connectivity index (χ4v) is 1.96. The number of aryl methyl sites for hydroxylation is 1. The predicted molar refractivity (Wildman–Crippen MR) is 56.8 cm³/mol. The van der Waals surface area contributed by atoms with E-state index >= 15 is 0 Å². The lowest BCUT2D eigenvalue weighted by molar-refractivity contribution is -0.0295. The van der Waals surface area contributed by atoms with Crippen LogP contribution in [-0.4, -0.2) is 6.61 Å². The number of ether oxygens (including phenoxy) is 1. The lowest BCUT2D eigenvalue weighted by atomic mass is 10.1. The van der Waals surface area contributed by atoms with Gasteiger partial charge in [-0.1, -0.05) is 30.3 Å². The van der Waals surface area contributed by atoms with Crippen LogP contribution in [0.2, 0.25) is 0 Å². The summed E-state index contributed by atoms with van der Waals surface area (Å²) in [5, 5.41) is 0. The number of nitrogens with two attached hydrogens (primary N) is 1. The average Bonchev–Trinajstić information content (AvgIpc) is 2.55. The highest BCUT2D eigenvalue weighted by Gasteiger charge is 2.35. The van der Waals surface area contributed by atoms with Gasteiger partial charge in [0.15, 0.2) is 0 Å². The van der Waals surface area contributed by atoms with Gasteiger partial charge in [0.05, 0.1) is 6.61 Å². The van der Waals surface area contributed by atoms with Gasteiger partial charge >= 0.3 is 0 Å². The SMILES string of the molecule is C=CCOC1(N)CCc2ccccc21. The zero-order chi connectivity index (χ0) is 10.0. The van der Waals surface area contributed by atoms with Crippen molar-refractivity contribution in [2.75, 3.05) is 6.61 Å². The molecule has 1 unspecified atom stereocenters. The Morgan fingerprint density at radius 1 is 1.50 bits per heavy atom. The maximum atomic E-state index is 6.19. The molecule has 0 heterocycles. The summed E-state index contributed by atoms with van der Waals surface area (Å²) in [7, 11) is 0. The van der Waals surface area contributed by atoms with Crippen LogP contribution in [-0.2, 0) is 16.9 Å². The molecule has 0 bridgehead atoms. The summed E-state index contributed by atoms with van der Waals surface area (Å²) in [6, 6.07) is 8.20. The third kappa shape index (κ3) is 1.47. The standard InChI is InChI=1S/C12H15NO/c1-2-9-14-12(13)8-7-10-5-3-4-6-11(10)12/h2-6H,1,7-9,13H2. The van der Waals surface area contributed by atoms with E-state index in [0.717, 1.165) is 18.4 Å². The molecule has 1 aliphatic rings. The zero-order valence-electron chi connectivity index (χ0n) is 8.20. The van der Waals surface area contributed by atoms with Gasteiger partial charge in [-0.3, -0.25) is 5.73 Å². The predicted octanol–water partition coefficient (Wildman–Crippen LogP) is 1.95. The van der Waals surface area contributed by atoms with Crippen molar-refractivity contribution >= 4 is 0 Å². The number of hydrogen-bond donors (Lipinski definition) is 1. The third-order valence-electron chi connectivity index (χ3n) is 2.70. The summed E-state index contributed by atoms with van der Waals surface area (Å²) in [4.78, 5) is 0. The second kappa shape index (κ2) is 3.56. The van der Waals surface area contributed by atoms with Crippen LogP contribution in [0, 0.1) is 0 Å². The summed E-state index contributed by atoms with van der Waals surface area (Å²) in [5.41, 5.74) is 8.03. The first kappa shape index (κ1) is 9.44. The molecule has 14 heavy (non-hydrogen) atoms. The molecule has 0 saturated heterocycles. The van der Waals surface area contributed by atoms with Crippen molar-refractivity contribution < 1.29 is 4.74 Å². The molecule has 1 aromatic carbocycles. The van der Waals surface area contributed by atoms with E-state index < -0.39 is 5.72 Å². The minimum absolute atomic E-state index is 0.505. The summed E-state index contributed by atoms with van der Waals surface area (Å²) >= 11 is 0. The molecular weight excluding hydrogens is 174 g/mol. The third-order valence-corrected chi connectivity index (χ3v) is 2.70. The van der Waals surface area contributed by atoms with Crippen LogP contribution < -0.4 is 5.73 Å². The van der Waals surface area contributed by atoms with E-state index in [1.807, 2.05) is 18.2 Å². The summed E-state index contributed by atoms with van der Waals surface area (Å²) in [5.74, 6) is 0. The normalized spacial score (nSPS) is 24.6. The van der Waals surface area contributed by atoms with Crippen LogP contribution in [0.5, 0.6) is 0 Å². The van der Waals surface area contributed by atoms with Gasteiger partial charge in [0, 0.05) is 5.56 Å². The molecule has 2 N–H and O–H groups in total. The smallest absolute Gasteiger partial charge is 0.143 e. The Kier molecular flexibility index (Phi) is 2.40. The maximum Gasteiger partial charge on any atom is 0.143 e. The summed E-state index contributed by atoms with van der Waals surface area (Å²) in [6.45, 7) is 4.13. The number of benzene rings is 1. The molecule has 2 rings (SSSR count). The highest BCUT2D eigenvalue weighted by atomic mass is 16.5. The van der Waals surface area contributed by atoms with Crippen molar-refractivity contribution in [3.63, 3.8) is 0 Å². The molecule has 0 saturated carbocycles. The van der Waals surface area contributed by atoms with Crippen molar-refractivity contribution in [2.45, 2.75) is 18.6 Å². The van der Waals surface area contributed by atoms with E-state index in [0.29, 0.717) is 6.61 Å². The Labute approximate surface area is 84.4 Å². The second-order valence-electron chi connectivity index (χ2n) is 3.65. The zero-order valence-corrected chi connectivity index (χ0v) is 8.20. The average molecular weight is 189 g/mol. The molecule has 0 fully saturated rings. The van der Waals surface area contributed by atoms with Crippen LogP contribution in [0.25, 0.3) is 0 Å². The van der Waals surface area contributed by atoms with Gasteiger partial charge in [-0.05, 0) is 18.4 Å². The molecule has 2 heteroatoms. The van der Waals surface area contributed by atoms with E-state index in [-0.39, 0.29) is 0 Å². The van der Waals surface area contributed by atoms with Crippen molar-refractivity contribution in [2.24, 2.45) is 5.73 Å². The first-order valence-corrected chi connectivity index (χ1v) is 4.88. The van der Waals surface area contributed by atoms with E-state index in [1.165, 1.54) is 5.56 Å². The van der Waals surface area contributed by atoms with Crippen LogP contribution in [0.4, 0.5) is 0 Å². The van der Waals surface area contributed by atoms with E-state index in [4.69, 9.17) is 10.5 Å². The van der Waals surface area contributed by atoms with Crippen LogP contribution in [0.1, 0.15) is 17.5 Å². The molecule has 1 aromatic rings. The molecule has 2 nitrogen and oxygen atoms in total. The van der Waals surface area contributed by atoms with Crippen LogP contribution >= 0.6 is 0 Å². The topological polar surface area (TPSA) is 35.2 Å². The van der Waals surface area contributed by atoms with Gasteiger partial charge in [0.2, 0.25) is 0 Å². The lowest BCUT2D eigenvalue weighted by Gasteiger charge is -2.25. The van der Waals surface area contributed by atoms with Crippen molar-refractivity contribution in [3.05, 3.63) is 48.0 Å². The summed E-state index contributed by atoms with van der Waals surface area (Å²) < 4.78 is 5.63. The summed E-state index contributed by atoms with van der Waals surface area (Å²) in [6.07, 6.45) is 3.60. The maximum absolute atomic E-state index is 6.19. The highest BCUT2D eigenvalue weighted by molar-refractivity contribution is 5.36. The van der Waals surface area contributed by atoms with Gasteiger partial charge in [-0.2, -0.15) is 0 Å². The molecule has 0 aliphatic heterocycles. The molecule has 1 aliphatic carbocycles. The highest BCUT2D eigenvalue weighted by Crippen LogP contribution is 2.35. The van der Waals surface area contributed by atoms with Crippen LogP contribution in [0.15, 0.2) is 36.9 Å². The van der Waals surface area contributed by atoms with Gasteiger partial charge in [-0.25, -0.2) is 0 Å². The molecule has 1 atom stereocenters. The Bertz CT molecular complexity index is 348. The van der Waals surface area contributed by atoms with Gasteiger partial charge in [-0.15, -0.1) is 6.58 Å². The van der Waals surface area contributed by atoms with E-state index in [1.54, 1.807) is 6.08 Å². The van der Waals surface area contributed by atoms with Gasteiger partial charge in [0.1, 0.15) is 5.72 Å². The second-order valence-corrected chi connectivity index (χ2v) is 3.65. The molecule has 0 radical (unpaired) electrons. The van der Waals surface area contributed by atoms with Crippen molar-refractivity contribution in [3.8, 4) is 0 Å². The molecular formula is C12H15NO. The minimum Gasteiger partial charge on any atom is -0.353 e. The number of hydrogen-bond acceptors (Lipinski definition) is 2. The number of rotatable bonds is 3. The lowest BCUT2D eigenvalue weighted by Crippen LogP contribution is -2.37. The van der Waals surface area contributed by atoms with Gasteiger partial charge < -0.3 is 4.74 Å². The monoisotopic (exact) mass is 189 g/mol. The Hall–Kier alpha value is -1.12. The van der Waals surface area contributed by atoms with Gasteiger partial charge in [0.25, 0.3) is 0 Å². The fourth-order valence-electron chi connectivity index (χ4n) is 1.96. The molecule has 0 aromatic heterocycles. The first-order valence-electron chi connectivity index (χ1n) is 4.88. The largest absolute Gasteiger partial charge is 0.353 e. The quantitative estimate of drug-likeness (QED) is 0.582. The molecule has 74 valence electrons. The minimum atomic E-state index is -0.592. The Morgan fingerprint density at radius 2 is 2.29 bits per heavy atom. The Balaban J connectivity index is 2.27. The van der Waals surface area contributed by atoms with E-state index in [2.05, 4.69) is 12.6 Å². The molecule has 0 spiro atoms.